The molecule has 0 aliphatic carbocycles. The molecule has 4 rings (SSSR count). The number of fused-ring (bicyclic) bond motifs is 1. The van der Waals surface area contributed by atoms with Gasteiger partial charge in [-0.25, -0.2) is 9.86 Å². The molecule has 45 heavy (non-hydrogen) atoms. The number of ether oxygens (including phenoxy) is 2. The first kappa shape index (κ1) is 34.9. The summed E-state index contributed by atoms with van der Waals surface area (Å²) in [4.78, 5) is 18.7. The molecule has 2 aliphatic rings. The Balaban J connectivity index is 1.43. The molecule has 6 nitrogen and oxygen atoms in total. The number of alkyl halides is 6. The van der Waals surface area contributed by atoms with E-state index in [1.54, 1.807) is 13.8 Å². The van der Waals surface area contributed by atoms with Gasteiger partial charge in [0.05, 0.1) is 25.3 Å². The van der Waals surface area contributed by atoms with E-state index < -0.39 is 35.7 Å². The molecule has 1 N–H and O–H groups in total. The Morgan fingerprint density at radius 2 is 1.64 bits per heavy atom. The zero-order valence-corrected chi connectivity index (χ0v) is 26.4. The van der Waals surface area contributed by atoms with Gasteiger partial charge in [0.1, 0.15) is 12.4 Å². The number of hydroxylamine groups is 2. The van der Waals surface area contributed by atoms with Crippen LogP contribution < -0.4 is 10.1 Å². The number of carbonyl (C=O) groups excluding carboxylic acids is 1. The molecular weight excluding hydrogens is 602 g/mol. The highest BCUT2D eigenvalue weighted by atomic mass is 19.4. The van der Waals surface area contributed by atoms with Gasteiger partial charge in [-0.15, -0.1) is 0 Å². The fraction of sp³-hybridized carbons (Fsp3) is 0.606. The third-order valence-electron chi connectivity index (χ3n) is 8.54. The van der Waals surface area contributed by atoms with E-state index in [4.69, 9.17) is 9.57 Å². The summed E-state index contributed by atoms with van der Waals surface area (Å²) in [7, 11) is 0. The number of hydrogen-bond donors (Lipinski definition) is 1. The van der Waals surface area contributed by atoms with Crippen molar-refractivity contribution in [2.45, 2.75) is 109 Å². The first-order valence-electron chi connectivity index (χ1n) is 15.5. The van der Waals surface area contributed by atoms with Crippen LogP contribution in [0.25, 0.3) is 0 Å². The van der Waals surface area contributed by atoms with Gasteiger partial charge in [0, 0.05) is 11.1 Å². The van der Waals surface area contributed by atoms with E-state index >= 15 is 0 Å². The SMILES string of the molecule is CCCc1cc2c(c(CCC)c1OCCCCN1OCC(C)(c3ccc(C(C)C)cc3)NC1=O)COC2(C(F)(F)F)C(F)(F)F. The van der Waals surface area contributed by atoms with Gasteiger partial charge in [-0.1, -0.05) is 64.8 Å². The molecule has 12 heteroatoms. The molecule has 0 saturated carbocycles. The summed E-state index contributed by atoms with van der Waals surface area (Å²) in [5.41, 5.74) is -3.31. The number of nitrogens with zero attached hydrogens (tertiary/aromatic N) is 1. The highest BCUT2D eigenvalue weighted by Crippen LogP contribution is 2.58. The highest BCUT2D eigenvalue weighted by molar-refractivity contribution is 5.75. The van der Waals surface area contributed by atoms with E-state index in [0.29, 0.717) is 48.5 Å². The number of nitrogens with one attached hydrogen (secondary N) is 1. The minimum absolute atomic E-state index is 0.110. The second-order valence-corrected chi connectivity index (χ2v) is 12.3. The zero-order valence-electron chi connectivity index (χ0n) is 26.4. The molecule has 0 bridgehead atoms. The molecule has 0 aromatic heterocycles. The molecule has 2 amide bonds. The first-order valence-corrected chi connectivity index (χ1v) is 15.5. The zero-order chi connectivity index (χ0) is 33.2. The van der Waals surface area contributed by atoms with E-state index in [1.165, 1.54) is 10.6 Å². The third-order valence-corrected chi connectivity index (χ3v) is 8.54. The quantitative estimate of drug-likeness (QED) is 0.186. The molecule has 1 unspecified atom stereocenters. The molecule has 1 fully saturated rings. The number of unbranched alkanes of at least 4 members (excludes halogenated alkanes) is 1. The molecular formula is C33H42F6N2O4. The molecule has 1 saturated heterocycles. The minimum atomic E-state index is -5.69. The molecule has 0 spiro atoms. The van der Waals surface area contributed by atoms with E-state index in [-0.39, 0.29) is 44.2 Å². The van der Waals surface area contributed by atoms with Crippen LogP contribution in [0, 0.1) is 0 Å². The van der Waals surface area contributed by atoms with Gasteiger partial charge in [-0.3, -0.25) is 4.84 Å². The fourth-order valence-corrected chi connectivity index (χ4v) is 6.03. The van der Waals surface area contributed by atoms with Crippen LogP contribution in [0.4, 0.5) is 31.1 Å². The summed E-state index contributed by atoms with van der Waals surface area (Å²) in [5.74, 6) is 0.715. The topological polar surface area (TPSA) is 60.0 Å². The lowest BCUT2D eigenvalue weighted by atomic mass is 9.84. The average molecular weight is 645 g/mol. The number of aryl methyl sites for hydroxylation is 1. The summed E-state index contributed by atoms with van der Waals surface area (Å²) in [6.07, 6.45) is -8.94. The van der Waals surface area contributed by atoms with Gasteiger partial charge in [0.25, 0.3) is 5.60 Å². The number of carbonyl (C=O) groups is 1. The minimum Gasteiger partial charge on any atom is -0.493 e. The van der Waals surface area contributed by atoms with Crippen LogP contribution in [0.1, 0.15) is 99.6 Å². The van der Waals surface area contributed by atoms with Gasteiger partial charge in [0.2, 0.25) is 0 Å². The van der Waals surface area contributed by atoms with Crippen molar-refractivity contribution in [1.82, 2.24) is 10.4 Å². The lowest BCUT2D eigenvalue weighted by Crippen LogP contribution is -2.58. The second-order valence-electron chi connectivity index (χ2n) is 12.3. The normalized spacial score (nSPS) is 20.0. The van der Waals surface area contributed by atoms with Crippen molar-refractivity contribution in [3.8, 4) is 5.75 Å². The van der Waals surface area contributed by atoms with Crippen LogP contribution in [0.15, 0.2) is 30.3 Å². The Bertz CT molecular complexity index is 1330. The number of halogens is 6. The van der Waals surface area contributed by atoms with Crippen LogP contribution in [0.5, 0.6) is 5.75 Å². The Labute approximate surface area is 260 Å². The molecule has 2 heterocycles. The van der Waals surface area contributed by atoms with Crippen LogP contribution >= 0.6 is 0 Å². The van der Waals surface area contributed by atoms with Crippen molar-refractivity contribution in [2.75, 3.05) is 19.8 Å². The van der Waals surface area contributed by atoms with Crippen molar-refractivity contribution in [3.63, 3.8) is 0 Å². The van der Waals surface area contributed by atoms with Gasteiger partial charge in [-0.05, 0) is 66.8 Å². The molecule has 0 radical (unpaired) electrons. The Morgan fingerprint density at radius 1 is 1.00 bits per heavy atom. The number of urea groups is 1. The monoisotopic (exact) mass is 644 g/mol. The van der Waals surface area contributed by atoms with Crippen molar-refractivity contribution >= 4 is 6.03 Å². The van der Waals surface area contributed by atoms with E-state index in [0.717, 1.165) is 11.6 Å². The van der Waals surface area contributed by atoms with Crippen LogP contribution in [-0.2, 0) is 40.2 Å². The molecule has 250 valence electrons. The average Bonchev–Trinajstić information content (AvgIpc) is 3.36. The number of benzene rings is 2. The predicted octanol–water partition coefficient (Wildman–Crippen LogP) is 8.60. The second kappa shape index (κ2) is 13.4. The number of hydrogen-bond acceptors (Lipinski definition) is 4. The maximum absolute atomic E-state index is 14.0. The summed E-state index contributed by atoms with van der Waals surface area (Å²) in [6, 6.07) is 8.66. The largest absolute Gasteiger partial charge is 0.493 e. The van der Waals surface area contributed by atoms with Crippen molar-refractivity contribution in [3.05, 3.63) is 63.7 Å². The lowest BCUT2D eigenvalue weighted by molar-refractivity contribution is -0.385. The maximum Gasteiger partial charge on any atom is 0.430 e. The molecule has 2 aromatic rings. The Hall–Kier alpha value is -2.99. The molecule has 2 aliphatic heterocycles. The van der Waals surface area contributed by atoms with Crippen LogP contribution in [-0.4, -0.2) is 43.2 Å². The maximum atomic E-state index is 14.0. The summed E-state index contributed by atoms with van der Waals surface area (Å²) < 4.78 is 95.0. The van der Waals surface area contributed by atoms with Crippen molar-refractivity contribution in [2.24, 2.45) is 0 Å². The van der Waals surface area contributed by atoms with Crippen LogP contribution in [0.2, 0.25) is 0 Å². The Kier molecular flexibility index (Phi) is 10.4. The fourth-order valence-electron chi connectivity index (χ4n) is 6.03. The molecule has 2 aromatic carbocycles. The van der Waals surface area contributed by atoms with Gasteiger partial charge in [0.15, 0.2) is 0 Å². The van der Waals surface area contributed by atoms with E-state index in [1.807, 2.05) is 31.2 Å². The highest BCUT2D eigenvalue weighted by Gasteiger charge is 2.76. The predicted molar refractivity (Wildman–Crippen MR) is 157 cm³/mol. The lowest BCUT2D eigenvalue weighted by Gasteiger charge is -2.39. The molecule has 1 atom stereocenters. The van der Waals surface area contributed by atoms with Gasteiger partial charge < -0.3 is 14.8 Å². The summed E-state index contributed by atoms with van der Waals surface area (Å²) in [6.45, 7) is 9.58. The number of rotatable bonds is 12. The van der Waals surface area contributed by atoms with Gasteiger partial charge >= 0.3 is 18.4 Å². The van der Waals surface area contributed by atoms with E-state index in [9.17, 15) is 31.1 Å². The van der Waals surface area contributed by atoms with Crippen molar-refractivity contribution in [1.29, 1.82) is 0 Å². The summed E-state index contributed by atoms with van der Waals surface area (Å²) in [5, 5.41) is 4.29. The smallest absolute Gasteiger partial charge is 0.430 e. The first-order chi connectivity index (χ1) is 21.1. The van der Waals surface area contributed by atoms with Crippen molar-refractivity contribution < 1.29 is 45.4 Å². The Morgan fingerprint density at radius 3 is 2.20 bits per heavy atom. The number of amides is 2. The van der Waals surface area contributed by atoms with Crippen LogP contribution in [0.3, 0.4) is 0 Å². The third kappa shape index (κ3) is 6.77. The van der Waals surface area contributed by atoms with E-state index in [2.05, 4.69) is 23.9 Å². The summed E-state index contributed by atoms with van der Waals surface area (Å²) >= 11 is 0. The standard InChI is InChI=1S/C33H42F6N2O4/c1-6-10-23-18-27-26(19-44-31(27,32(34,35)36)33(37,38)39)25(11-7-2)28(23)43-17-9-8-16-41-29(42)40-30(5,20-45-41)24-14-12-22(13-15-24)21(3)4/h12-15,18,21H,6-11,16-17,19-20H2,1-5H3,(H,40,42). The van der Waals surface area contributed by atoms with Gasteiger partial charge in [-0.2, -0.15) is 26.3 Å².